The van der Waals surface area contributed by atoms with E-state index in [0.29, 0.717) is 6.54 Å². The van der Waals surface area contributed by atoms with Crippen molar-refractivity contribution < 1.29 is 15.0 Å². The van der Waals surface area contributed by atoms with Gasteiger partial charge in [-0.2, -0.15) is 0 Å². The number of hydrogen-bond donors (Lipinski definition) is 3. The standard InChI is InChI=1S/C14H22N2O3/c1-9(2)11(8-16(3)4)15-14(19)10-6-5-7-12(17)13(10)18/h5-7,9,11,17-18H,8H2,1-4H3,(H,15,19). The molecule has 0 aromatic heterocycles. The molecule has 19 heavy (non-hydrogen) atoms. The third-order valence-electron chi connectivity index (χ3n) is 2.94. The summed E-state index contributed by atoms with van der Waals surface area (Å²) in [5, 5.41) is 22.0. The second kappa shape index (κ2) is 6.43. The third kappa shape index (κ3) is 4.13. The summed E-state index contributed by atoms with van der Waals surface area (Å²) in [4.78, 5) is 14.1. The van der Waals surface area contributed by atoms with E-state index in [9.17, 15) is 15.0 Å². The Morgan fingerprint density at radius 3 is 2.47 bits per heavy atom. The molecule has 0 heterocycles. The van der Waals surface area contributed by atoms with Crippen molar-refractivity contribution in [2.24, 2.45) is 5.92 Å². The van der Waals surface area contributed by atoms with Gasteiger partial charge in [0.1, 0.15) is 0 Å². The molecule has 0 radical (unpaired) electrons. The lowest BCUT2D eigenvalue weighted by atomic mass is 10.0. The summed E-state index contributed by atoms with van der Waals surface area (Å²) in [7, 11) is 3.88. The van der Waals surface area contributed by atoms with E-state index in [2.05, 4.69) is 5.32 Å². The Labute approximate surface area is 113 Å². The van der Waals surface area contributed by atoms with Crippen LogP contribution >= 0.6 is 0 Å². The molecule has 5 heteroatoms. The number of para-hydroxylation sites is 1. The zero-order valence-corrected chi connectivity index (χ0v) is 11.8. The van der Waals surface area contributed by atoms with Crippen molar-refractivity contribution in [1.82, 2.24) is 10.2 Å². The Bertz CT molecular complexity index is 444. The van der Waals surface area contributed by atoms with Crippen LogP contribution in [-0.2, 0) is 0 Å². The molecule has 3 N–H and O–H groups in total. The van der Waals surface area contributed by atoms with Gasteiger partial charge in [0.25, 0.3) is 5.91 Å². The lowest BCUT2D eigenvalue weighted by molar-refractivity contribution is 0.0913. The summed E-state index contributed by atoms with van der Waals surface area (Å²) in [5.74, 6) is -0.784. The predicted molar refractivity (Wildman–Crippen MR) is 74.4 cm³/mol. The van der Waals surface area contributed by atoms with Crippen molar-refractivity contribution in [3.8, 4) is 11.5 Å². The van der Waals surface area contributed by atoms with E-state index < -0.39 is 0 Å². The van der Waals surface area contributed by atoms with Gasteiger partial charge >= 0.3 is 0 Å². The fourth-order valence-electron chi connectivity index (χ4n) is 1.78. The number of nitrogens with one attached hydrogen (secondary N) is 1. The van der Waals surface area contributed by atoms with Gasteiger partial charge in [-0.3, -0.25) is 4.79 Å². The molecular weight excluding hydrogens is 244 g/mol. The van der Waals surface area contributed by atoms with E-state index in [4.69, 9.17) is 0 Å². The number of likely N-dealkylation sites (N-methyl/N-ethyl adjacent to an activating group) is 1. The van der Waals surface area contributed by atoms with Crippen LogP contribution in [0.2, 0.25) is 0 Å². The van der Waals surface area contributed by atoms with Crippen molar-refractivity contribution in [2.75, 3.05) is 20.6 Å². The lowest BCUT2D eigenvalue weighted by Crippen LogP contribution is -2.45. The Balaban J connectivity index is 2.85. The second-order valence-corrected chi connectivity index (χ2v) is 5.26. The topological polar surface area (TPSA) is 72.8 Å². The van der Waals surface area contributed by atoms with Crippen molar-refractivity contribution in [1.29, 1.82) is 0 Å². The predicted octanol–water partition coefficient (Wildman–Crippen LogP) is 1.41. The highest BCUT2D eigenvalue weighted by Gasteiger charge is 2.20. The van der Waals surface area contributed by atoms with E-state index >= 15 is 0 Å². The van der Waals surface area contributed by atoms with Crippen molar-refractivity contribution in [3.05, 3.63) is 23.8 Å². The number of aromatic hydroxyl groups is 2. The molecule has 106 valence electrons. The van der Waals surface area contributed by atoms with Gasteiger partial charge in [0.05, 0.1) is 5.56 Å². The van der Waals surface area contributed by atoms with Crippen molar-refractivity contribution in [2.45, 2.75) is 19.9 Å². The van der Waals surface area contributed by atoms with E-state index in [1.165, 1.54) is 18.2 Å². The molecule has 0 saturated carbocycles. The number of phenols is 2. The van der Waals surface area contributed by atoms with E-state index in [0.717, 1.165) is 0 Å². The maximum atomic E-state index is 12.1. The van der Waals surface area contributed by atoms with Crippen LogP contribution in [0.15, 0.2) is 18.2 Å². The number of carbonyl (C=O) groups excluding carboxylic acids is 1. The molecular formula is C14H22N2O3. The number of nitrogens with zero attached hydrogens (tertiary/aromatic N) is 1. The summed E-state index contributed by atoms with van der Waals surface area (Å²) in [5.41, 5.74) is 0.0874. The molecule has 0 saturated heterocycles. The Morgan fingerprint density at radius 2 is 1.95 bits per heavy atom. The average molecular weight is 266 g/mol. The van der Waals surface area contributed by atoms with Crippen molar-refractivity contribution in [3.63, 3.8) is 0 Å². The summed E-state index contributed by atoms with van der Waals surface area (Å²) < 4.78 is 0. The van der Waals surface area contributed by atoms with Gasteiger partial charge in [0.2, 0.25) is 0 Å². The fraction of sp³-hybridized carbons (Fsp3) is 0.500. The minimum Gasteiger partial charge on any atom is -0.504 e. The number of benzene rings is 1. The van der Waals surface area contributed by atoms with E-state index in [-0.39, 0.29) is 34.9 Å². The zero-order valence-electron chi connectivity index (χ0n) is 11.8. The molecule has 0 spiro atoms. The fourth-order valence-corrected chi connectivity index (χ4v) is 1.78. The molecule has 1 aromatic rings. The van der Waals surface area contributed by atoms with Crippen molar-refractivity contribution >= 4 is 5.91 Å². The normalized spacial score (nSPS) is 12.7. The zero-order chi connectivity index (χ0) is 14.6. The minimum absolute atomic E-state index is 0.0238. The van der Waals surface area contributed by atoms with Crippen LogP contribution < -0.4 is 5.32 Å². The number of carbonyl (C=O) groups is 1. The van der Waals surface area contributed by atoms with E-state index in [1.807, 2.05) is 32.8 Å². The number of hydrogen-bond acceptors (Lipinski definition) is 4. The molecule has 1 unspecified atom stereocenters. The van der Waals surface area contributed by atoms with Gasteiger partial charge in [-0.15, -0.1) is 0 Å². The summed E-state index contributed by atoms with van der Waals surface area (Å²) in [6.45, 7) is 4.76. The molecule has 1 atom stereocenters. The summed E-state index contributed by atoms with van der Waals surface area (Å²) in [6.07, 6.45) is 0. The molecule has 1 rings (SSSR count). The molecule has 1 aromatic carbocycles. The minimum atomic E-state index is -0.382. The van der Waals surface area contributed by atoms with Crippen LogP contribution in [0.25, 0.3) is 0 Å². The van der Waals surface area contributed by atoms with Crippen LogP contribution in [-0.4, -0.2) is 47.7 Å². The molecule has 0 aliphatic carbocycles. The molecule has 5 nitrogen and oxygen atoms in total. The molecule has 0 aliphatic rings. The second-order valence-electron chi connectivity index (χ2n) is 5.26. The first kappa shape index (κ1) is 15.3. The van der Waals surface area contributed by atoms with Gasteiger partial charge in [-0.25, -0.2) is 0 Å². The van der Waals surface area contributed by atoms with Crippen LogP contribution in [0, 0.1) is 5.92 Å². The molecule has 0 aliphatic heterocycles. The van der Waals surface area contributed by atoms with Crippen LogP contribution in [0.3, 0.4) is 0 Å². The first-order valence-corrected chi connectivity index (χ1v) is 6.29. The number of rotatable bonds is 5. The van der Waals surface area contributed by atoms with Gasteiger partial charge < -0.3 is 20.4 Å². The SMILES string of the molecule is CC(C)C(CN(C)C)NC(=O)c1cccc(O)c1O. The Hall–Kier alpha value is -1.75. The van der Waals surface area contributed by atoms with Gasteiger partial charge in [-0.1, -0.05) is 19.9 Å². The molecule has 1 amide bonds. The summed E-state index contributed by atoms with van der Waals surface area (Å²) >= 11 is 0. The molecule has 0 bridgehead atoms. The number of amides is 1. The Morgan fingerprint density at radius 1 is 1.32 bits per heavy atom. The summed E-state index contributed by atoms with van der Waals surface area (Å²) in [6, 6.07) is 4.33. The lowest BCUT2D eigenvalue weighted by Gasteiger charge is -2.25. The van der Waals surface area contributed by atoms with Gasteiger partial charge in [0, 0.05) is 12.6 Å². The van der Waals surface area contributed by atoms with Gasteiger partial charge in [0.15, 0.2) is 11.5 Å². The van der Waals surface area contributed by atoms with Crippen LogP contribution in [0.5, 0.6) is 11.5 Å². The monoisotopic (exact) mass is 266 g/mol. The first-order chi connectivity index (χ1) is 8.82. The smallest absolute Gasteiger partial charge is 0.255 e. The number of phenolic OH excluding ortho intramolecular Hbond substituents is 2. The quantitative estimate of drug-likeness (QED) is 0.705. The van der Waals surface area contributed by atoms with Crippen LogP contribution in [0.1, 0.15) is 24.2 Å². The highest BCUT2D eigenvalue weighted by atomic mass is 16.3. The average Bonchev–Trinajstić information content (AvgIpc) is 2.31. The maximum Gasteiger partial charge on any atom is 0.255 e. The maximum absolute atomic E-state index is 12.1. The Kier molecular flexibility index (Phi) is 5.18. The van der Waals surface area contributed by atoms with E-state index in [1.54, 1.807) is 0 Å². The van der Waals surface area contributed by atoms with Crippen LogP contribution in [0.4, 0.5) is 0 Å². The third-order valence-corrected chi connectivity index (χ3v) is 2.94. The van der Waals surface area contributed by atoms with Gasteiger partial charge in [-0.05, 0) is 32.1 Å². The molecule has 0 fully saturated rings. The first-order valence-electron chi connectivity index (χ1n) is 6.29. The highest BCUT2D eigenvalue weighted by molar-refractivity contribution is 5.97. The highest BCUT2D eigenvalue weighted by Crippen LogP contribution is 2.28. The largest absolute Gasteiger partial charge is 0.504 e.